The molecule has 2 aromatic rings. The lowest BCUT2D eigenvalue weighted by Crippen LogP contribution is -2.37. The van der Waals surface area contributed by atoms with Gasteiger partial charge in [0, 0.05) is 14.8 Å². The van der Waals surface area contributed by atoms with Gasteiger partial charge in [0.25, 0.3) is 0 Å². The summed E-state index contributed by atoms with van der Waals surface area (Å²) in [5.74, 6) is -0.542. The molecule has 1 amide bonds. The van der Waals surface area contributed by atoms with Crippen molar-refractivity contribution in [2.75, 3.05) is 22.4 Å². The molecule has 0 heterocycles. The molecule has 0 fully saturated rings. The van der Waals surface area contributed by atoms with Gasteiger partial charge in [0.2, 0.25) is 15.9 Å². The van der Waals surface area contributed by atoms with Crippen molar-refractivity contribution >= 4 is 55.7 Å². The van der Waals surface area contributed by atoms with Crippen LogP contribution in [-0.4, -0.2) is 32.9 Å². The molecule has 0 unspecified atom stereocenters. The van der Waals surface area contributed by atoms with Crippen molar-refractivity contribution in [1.82, 2.24) is 0 Å². The predicted molar refractivity (Wildman–Crippen MR) is 106 cm³/mol. The van der Waals surface area contributed by atoms with Gasteiger partial charge in [-0.2, -0.15) is 0 Å². The molecule has 1 N–H and O–H groups in total. The number of nitrogens with one attached hydrogen (secondary N) is 1. The highest BCUT2D eigenvalue weighted by atomic mass is 127. The fourth-order valence-corrected chi connectivity index (χ4v) is 3.34. The van der Waals surface area contributed by atoms with Crippen LogP contribution in [0.25, 0.3) is 0 Å². The van der Waals surface area contributed by atoms with Crippen molar-refractivity contribution in [3.05, 3.63) is 57.7 Å². The SMILES string of the molecule is CC(=O)c1ccc(NC(=O)CN(c2ccc(I)cc2)S(C)(=O)=O)cc1. The number of hydrogen-bond donors (Lipinski definition) is 1. The molecule has 0 bridgehead atoms. The van der Waals surface area contributed by atoms with Crippen molar-refractivity contribution in [3.63, 3.8) is 0 Å². The Hall–Kier alpha value is -1.94. The molecule has 0 aliphatic rings. The third-order valence-corrected chi connectivity index (χ3v) is 5.24. The molecule has 6 nitrogen and oxygen atoms in total. The van der Waals surface area contributed by atoms with Crippen LogP contribution in [0.2, 0.25) is 0 Å². The number of ketones is 1. The normalized spacial score (nSPS) is 11.0. The number of rotatable bonds is 6. The van der Waals surface area contributed by atoms with Crippen molar-refractivity contribution < 1.29 is 18.0 Å². The van der Waals surface area contributed by atoms with Crippen LogP contribution < -0.4 is 9.62 Å². The van der Waals surface area contributed by atoms with Gasteiger partial charge in [-0.05, 0) is 78.0 Å². The first-order chi connectivity index (χ1) is 11.7. The van der Waals surface area contributed by atoms with Gasteiger partial charge in [0.05, 0.1) is 11.9 Å². The van der Waals surface area contributed by atoms with Gasteiger partial charge in [0.1, 0.15) is 6.54 Å². The van der Waals surface area contributed by atoms with E-state index in [-0.39, 0.29) is 12.3 Å². The molecule has 2 rings (SSSR count). The van der Waals surface area contributed by atoms with Gasteiger partial charge in [-0.3, -0.25) is 13.9 Å². The summed E-state index contributed by atoms with van der Waals surface area (Å²) in [6.45, 7) is 1.12. The zero-order valence-corrected chi connectivity index (χ0v) is 16.7. The summed E-state index contributed by atoms with van der Waals surface area (Å²) in [4.78, 5) is 23.5. The number of sulfonamides is 1. The van der Waals surface area contributed by atoms with Crippen molar-refractivity contribution in [2.24, 2.45) is 0 Å². The summed E-state index contributed by atoms with van der Waals surface area (Å²) in [5.41, 5.74) is 1.45. The molecule has 0 aromatic heterocycles. The summed E-state index contributed by atoms with van der Waals surface area (Å²) in [6.07, 6.45) is 1.06. The maximum Gasteiger partial charge on any atom is 0.245 e. The molecule has 0 spiro atoms. The Morgan fingerprint density at radius 2 is 1.60 bits per heavy atom. The number of hydrogen-bond acceptors (Lipinski definition) is 4. The second kappa shape index (κ2) is 7.96. The molecule has 0 aliphatic carbocycles. The van der Waals surface area contributed by atoms with E-state index in [9.17, 15) is 18.0 Å². The van der Waals surface area contributed by atoms with Gasteiger partial charge < -0.3 is 5.32 Å². The highest BCUT2D eigenvalue weighted by Crippen LogP contribution is 2.19. The molecule has 0 radical (unpaired) electrons. The highest BCUT2D eigenvalue weighted by molar-refractivity contribution is 14.1. The Morgan fingerprint density at radius 1 is 1.04 bits per heavy atom. The fraction of sp³-hybridized carbons (Fsp3) is 0.176. The number of carbonyl (C=O) groups is 2. The molecule has 0 saturated carbocycles. The second-order valence-corrected chi connectivity index (χ2v) is 8.58. The smallest absolute Gasteiger partial charge is 0.245 e. The Labute approximate surface area is 160 Å². The van der Waals surface area contributed by atoms with Crippen LogP contribution in [0, 0.1) is 3.57 Å². The number of anilines is 2. The van der Waals surface area contributed by atoms with Gasteiger partial charge in [-0.25, -0.2) is 8.42 Å². The molecule has 2 aromatic carbocycles. The molecule has 0 saturated heterocycles. The number of nitrogens with zero attached hydrogens (tertiary/aromatic N) is 1. The summed E-state index contributed by atoms with van der Waals surface area (Å²) < 4.78 is 26.1. The zero-order chi connectivity index (χ0) is 18.6. The van der Waals surface area contributed by atoms with Crippen molar-refractivity contribution in [2.45, 2.75) is 6.92 Å². The van der Waals surface area contributed by atoms with Crippen LogP contribution in [0.1, 0.15) is 17.3 Å². The fourth-order valence-electron chi connectivity index (χ4n) is 2.13. The van der Waals surface area contributed by atoms with E-state index in [1.807, 2.05) is 0 Å². The summed E-state index contributed by atoms with van der Waals surface area (Å²) >= 11 is 2.12. The lowest BCUT2D eigenvalue weighted by molar-refractivity contribution is -0.114. The van der Waals surface area contributed by atoms with E-state index in [2.05, 4.69) is 27.9 Å². The van der Waals surface area contributed by atoms with Gasteiger partial charge >= 0.3 is 0 Å². The van der Waals surface area contributed by atoms with E-state index < -0.39 is 15.9 Å². The zero-order valence-electron chi connectivity index (χ0n) is 13.7. The topological polar surface area (TPSA) is 83.6 Å². The van der Waals surface area contributed by atoms with E-state index >= 15 is 0 Å². The monoisotopic (exact) mass is 472 g/mol. The standard InChI is InChI=1S/C17H17IN2O4S/c1-12(21)13-3-7-15(8-4-13)19-17(22)11-20(25(2,23)24)16-9-5-14(18)6-10-16/h3-10H,11H2,1-2H3,(H,19,22). The number of carbonyl (C=O) groups excluding carboxylic acids is 2. The lowest BCUT2D eigenvalue weighted by Gasteiger charge is -2.22. The van der Waals surface area contributed by atoms with Crippen molar-refractivity contribution in [3.8, 4) is 0 Å². The average Bonchev–Trinajstić information content (AvgIpc) is 2.53. The first-order valence-corrected chi connectivity index (χ1v) is 10.2. The van der Waals surface area contributed by atoms with Gasteiger partial charge in [0.15, 0.2) is 5.78 Å². The van der Waals surface area contributed by atoms with E-state index in [1.165, 1.54) is 6.92 Å². The van der Waals surface area contributed by atoms with Crippen molar-refractivity contribution in [1.29, 1.82) is 0 Å². The van der Waals surface area contributed by atoms with Crippen LogP contribution in [0.5, 0.6) is 0 Å². The molecular weight excluding hydrogens is 455 g/mol. The minimum Gasteiger partial charge on any atom is -0.325 e. The Kier molecular flexibility index (Phi) is 6.17. The summed E-state index contributed by atoms with van der Waals surface area (Å²) in [5, 5.41) is 2.63. The van der Waals surface area contributed by atoms with Gasteiger partial charge in [-0.15, -0.1) is 0 Å². The maximum absolute atomic E-state index is 12.2. The van der Waals surface area contributed by atoms with E-state index in [0.717, 1.165) is 14.1 Å². The van der Waals surface area contributed by atoms with E-state index in [1.54, 1.807) is 48.5 Å². The third-order valence-electron chi connectivity index (χ3n) is 3.38. The minimum atomic E-state index is -3.61. The Balaban J connectivity index is 2.14. The highest BCUT2D eigenvalue weighted by Gasteiger charge is 2.20. The molecular formula is C17H17IN2O4S. The number of amides is 1. The van der Waals surface area contributed by atoms with Crippen LogP contribution in [-0.2, 0) is 14.8 Å². The summed E-state index contributed by atoms with van der Waals surface area (Å²) in [7, 11) is -3.61. The second-order valence-electron chi connectivity index (χ2n) is 5.43. The average molecular weight is 472 g/mol. The van der Waals surface area contributed by atoms with Gasteiger partial charge in [-0.1, -0.05) is 0 Å². The lowest BCUT2D eigenvalue weighted by atomic mass is 10.1. The molecule has 0 atom stereocenters. The quantitative estimate of drug-likeness (QED) is 0.518. The number of halogens is 1. The number of Topliss-reactive ketones (excluding diaryl/α,β-unsaturated/α-hetero) is 1. The largest absolute Gasteiger partial charge is 0.325 e. The first kappa shape index (κ1) is 19.4. The summed E-state index contributed by atoms with van der Waals surface area (Å²) in [6, 6.07) is 13.2. The maximum atomic E-state index is 12.2. The Morgan fingerprint density at radius 3 is 2.08 bits per heavy atom. The van der Waals surface area contributed by atoms with Crippen LogP contribution in [0.15, 0.2) is 48.5 Å². The number of benzene rings is 2. The predicted octanol–water partition coefficient (Wildman–Crippen LogP) is 2.90. The van der Waals surface area contributed by atoms with Crippen LogP contribution in [0.3, 0.4) is 0 Å². The van der Waals surface area contributed by atoms with Crippen LogP contribution >= 0.6 is 22.6 Å². The third kappa shape index (κ3) is 5.53. The van der Waals surface area contributed by atoms with E-state index in [4.69, 9.17) is 0 Å². The van der Waals surface area contributed by atoms with Crippen LogP contribution in [0.4, 0.5) is 11.4 Å². The van der Waals surface area contributed by atoms with E-state index in [0.29, 0.717) is 16.9 Å². The molecule has 8 heteroatoms. The molecule has 25 heavy (non-hydrogen) atoms. The molecule has 0 aliphatic heterocycles. The Bertz CT molecular complexity index is 878. The minimum absolute atomic E-state index is 0.0696. The first-order valence-electron chi connectivity index (χ1n) is 7.31. The molecule has 132 valence electrons.